The van der Waals surface area contributed by atoms with Crippen LogP contribution in [0.25, 0.3) is 22.1 Å². The molecule has 5 heterocycles. The minimum atomic E-state index is -3.12. The van der Waals surface area contributed by atoms with Gasteiger partial charge in [-0.3, -0.25) is 19.3 Å². The van der Waals surface area contributed by atoms with Crippen molar-refractivity contribution in [2.45, 2.75) is 13.5 Å². The molecule has 4 aromatic rings. The third-order valence-electron chi connectivity index (χ3n) is 5.34. The number of rotatable bonds is 3. The van der Waals surface area contributed by atoms with Gasteiger partial charge in [-0.2, -0.15) is 0 Å². The van der Waals surface area contributed by atoms with Crippen LogP contribution in [0.1, 0.15) is 17.3 Å². The summed E-state index contributed by atoms with van der Waals surface area (Å²) in [5.74, 6) is -1.74. The van der Waals surface area contributed by atoms with Crippen LogP contribution in [0.3, 0.4) is 0 Å². The monoisotopic (exact) mass is 532 g/mol. The molecule has 37 heavy (non-hydrogen) atoms. The van der Waals surface area contributed by atoms with Crippen LogP contribution < -0.4 is 15.6 Å². The van der Waals surface area contributed by atoms with Gasteiger partial charge in [0.25, 0.3) is 11.0 Å². The van der Waals surface area contributed by atoms with Gasteiger partial charge in [0.1, 0.15) is 11.2 Å². The minimum Gasteiger partial charge on any atom is -0.477 e. The van der Waals surface area contributed by atoms with Crippen LogP contribution in [0.4, 0.5) is 10.2 Å². The number of thiol groups is 1. The van der Waals surface area contributed by atoms with Crippen molar-refractivity contribution in [3.8, 4) is 0 Å². The van der Waals surface area contributed by atoms with Gasteiger partial charge >= 0.3 is 5.97 Å². The second kappa shape index (κ2) is 12.8. The smallest absolute Gasteiger partial charge is 0.341 e. The molecule has 4 aromatic heterocycles. The number of aryl methyl sites for hydroxylation is 1. The summed E-state index contributed by atoms with van der Waals surface area (Å²) in [5, 5.41) is 12.3. The van der Waals surface area contributed by atoms with E-state index in [4.69, 9.17) is 18.1 Å². The van der Waals surface area contributed by atoms with Crippen LogP contribution in [-0.2, 0) is 17.5 Å². The van der Waals surface area contributed by atoms with Gasteiger partial charge in [-0.05, 0) is 37.3 Å². The zero-order valence-electron chi connectivity index (χ0n) is 19.7. The number of hydrogen-bond acceptors (Lipinski definition) is 9. The summed E-state index contributed by atoms with van der Waals surface area (Å²) < 4.78 is 40.2. The van der Waals surface area contributed by atoms with Crippen LogP contribution in [0, 0.1) is 5.82 Å². The maximum atomic E-state index is 14.4. The van der Waals surface area contributed by atoms with Gasteiger partial charge in [-0.25, -0.2) is 22.6 Å². The van der Waals surface area contributed by atoms with Gasteiger partial charge in [0, 0.05) is 51.3 Å². The number of hydrogen-bond donors (Lipinski definition) is 4. The molecule has 0 spiro atoms. The van der Waals surface area contributed by atoms with Gasteiger partial charge in [-0.15, -0.1) is 0 Å². The lowest BCUT2D eigenvalue weighted by molar-refractivity contribution is 0.0694. The molecule has 0 atom stereocenters. The summed E-state index contributed by atoms with van der Waals surface area (Å²) in [6, 6.07) is 8.76. The molecule has 3 N–H and O–H groups in total. The predicted octanol–water partition coefficient (Wildman–Crippen LogP) is 1.36. The lowest BCUT2D eigenvalue weighted by Gasteiger charge is -2.29. The van der Waals surface area contributed by atoms with Gasteiger partial charge in [-0.1, -0.05) is 0 Å². The molecule has 1 aliphatic rings. The molecule has 14 heteroatoms. The Morgan fingerprint density at radius 2 is 1.70 bits per heavy atom. The van der Waals surface area contributed by atoms with E-state index < -0.39 is 28.2 Å². The Labute approximate surface area is 212 Å². The third-order valence-corrected chi connectivity index (χ3v) is 5.34. The fourth-order valence-electron chi connectivity index (χ4n) is 3.67. The Bertz CT molecular complexity index is 1460. The quantitative estimate of drug-likeness (QED) is 0.222. The Hall–Kier alpha value is -4.01. The largest absolute Gasteiger partial charge is 0.477 e. The summed E-state index contributed by atoms with van der Waals surface area (Å²) in [6.07, 6.45) is 4.80. The molecule has 0 bridgehead atoms. The molecule has 196 valence electrons. The van der Waals surface area contributed by atoms with Gasteiger partial charge in [0.05, 0.1) is 16.4 Å². The highest BCUT2D eigenvalue weighted by Crippen LogP contribution is 2.22. The first-order valence-corrected chi connectivity index (χ1v) is 12.3. The average Bonchev–Trinajstić information content (AvgIpc) is 2.89. The second-order valence-corrected chi connectivity index (χ2v) is 8.12. The van der Waals surface area contributed by atoms with Crippen molar-refractivity contribution in [3.63, 3.8) is 0 Å². The number of nitrogens with one attached hydrogen (secondary N) is 1. The molecule has 0 aliphatic carbocycles. The number of fused-ring (bicyclic) bond motifs is 2. The molecule has 1 aliphatic heterocycles. The standard InChI is InChI=1S/C15H17FN4O3.C8H6N2.H2O3S/c1-2-19-8-10(15(22)23)12(21)9-7-11(16)14(18-13(9)19)20-5-3-17-4-6-20;1-3-7-8(9-5-1)4-2-6-10-7;1-4(2)3/h7-8,17H,2-6H2,1H3,(H,22,23);1-6H;4H,(H,1,2,3). The molecule has 0 radical (unpaired) electrons. The number of pyridine rings is 4. The zero-order valence-corrected chi connectivity index (χ0v) is 20.6. The summed E-state index contributed by atoms with van der Waals surface area (Å²) in [4.78, 5) is 37.8. The fourth-order valence-corrected chi connectivity index (χ4v) is 3.67. The number of carboxylic acid groups (broad SMARTS) is 1. The van der Waals surface area contributed by atoms with E-state index in [9.17, 15) is 14.0 Å². The maximum absolute atomic E-state index is 14.4. The highest BCUT2D eigenvalue weighted by molar-refractivity contribution is 7.66. The van der Waals surface area contributed by atoms with Crippen molar-refractivity contribution in [3.05, 3.63) is 70.5 Å². The fraction of sp³-hybridized carbons (Fsp3) is 0.261. The number of anilines is 1. The van der Waals surface area contributed by atoms with E-state index in [1.807, 2.05) is 36.1 Å². The van der Waals surface area contributed by atoms with Crippen LogP contribution in [0.5, 0.6) is 0 Å². The highest BCUT2D eigenvalue weighted by atomic mass is 32.2. The molecule has 0 aromatic carbocycles. The summed E-state index contributed by atoms with van der Waals surface area (Å²) in [5.41, 5.74) is 1.11. The number of piperazine rings is 1. The van der Waals surface area contributed by atoms with Crippen molar-refractivity contribution in [2.24, 2.45) is 0 Å². The number of carboxylic acids is 1. The van der Waals surface area contributed by atoms with E-state index in [2.05, 4.69) is 20.3 Å². The molecular weight excluding hydrogens is 507 g/mol. The van der Waals surface area contributed by atoms with Crippen LogP contribution in [0.2, 0.25) is 0 Å². The Morgan fingerprint density at radius 1 is 1.14 bits per heavy atom. The number of aromatic nitrogens is 4. The number of halogens is 1. The van der Waals surface area contributed by atoms with E-state index in [0.29, 0.717) is 25.3 Å². The van der Waals surface area contributed by atoms with E-state index in [0.717, 1.165) is 30.2 Å². The second-order valence-electron chi connectivity index (χ2n) is 7.65. The molecular formula is C23H25FN6O6S. The summed E-state index contributed by atoms with van der Waals surface area (Å²) >= 11 is 0. The minimum absolute atomic E-state index is 0.0110. The van der Waals surface area contributed by atoms with E-state index >= 15 is 0 Å². The molecule has 12 nitrogen and oxygen atoms in total. The zero-order chi connectivity index (χ0) is 26.9. The van der Waals surface area contributed by atoms with Gasteiger partial charge < -0.3 is 19.9 Å². The van der Waals surface area contributed by atoms with Crippen molar-refractivity contribution < 1.29 is 27.3 Å². The topological polar surface area (TPSA) is 168 Å². The van der Waals surface area contributed by atoms with Gasteiger partial charge in [0.2, 0.25) is 5.43 Å². The maximum Gasteiger partial charge on any atom is 0.341 e. The molecule has 1 fully saturated rings. The Balaban J connectivity index is 0.000000223. The Kier molecular flexibility index (Phi) is 9.54. The molecule has 1 saturated heterocycles. The first-order valence-electron chi connectivity index (χ1n) is 11.1. The van der Waals surface area contributed by atoms with E-state index in [1.165, 1.54) is 6.20 Å². The van der Waals surface area contributed by atoms with Crippen LogP contribution >= 0.6 is 0 Å². The average molecular weight is 533 g/mol. The normalized spacial score (nSPS) is 13.0. The number of aromatic carboxylic acids is 1. The summed E-state index contributed by atoms with van der Waals surface area (Å²) in [6.45, 7) is 4.95. The Morgan fingerprint density at radius 3 is 2.22 bits per heavy atom. The molecule has 5 rings (SSSR count). The van der Waals surface area contributed by atoms with Crippen LogP contribution in [0.15, 0.2) is 53.7 Å². The van der Waals surface area contributed by atoms with Crippen LogP contribution in [-0.4, -0.2) is 69.7 Å². The lowest BCUT2D eigenvalue weighted by Crippen LogP contribution is -2.44. The molecule has 0 saturated carbocycles. The molecule has 0 unspecified atom stereocenters. The summed E-state index contributed by atoms with van der Waals surface area (Å²) in [7, 11) is -3.12. The van der Waals surface area contributed by atoms with Crippen molar-refractivity contribution in [1.29, 1.82) is 0 Å². The third kappa shape index (κ3) is 7.03. The van der Waals surface area contributed by atoms with Gasteiger partial charge in [0.15, 0.2) is 11.6 Å². The van der Waals surface area contributed by atoms with E-state index in [-0.39, 0.29) is 16.8 Å². The highest BCUT2D eigenvalue weighted by Gasteiger charge is 2.21. The first kappa shape index (κ1) is 27.6. The predicted molar refractivity (Wildman–Crippen MR) is 136 cm³/mol. The van der Waals surface area contributed by atoms with Crippen molar-refractivity contribution >= 4 is 44.8 Å². The number of nitrogens with zero attached hydrogens (tertiary/aromatic N) is 5. The molecule has 0 amide bonds. The van der Waals surface area contributed by atoms with Crippen molar-refractivity contribution in [1.82, 2.24) is 24.8 Å². The van der Waals surface area contributed by atoms with Crippen molar-refractivity contribution in [2.75, 3.05) is 31.1 Å². The SMILES string of the molecule is CCn1cc(C(=O)O)c(=O)c2cc(F)c(N3CCNCC3)nc21.O=[SH](=O)O.c1cnc2cccnc2c1. The number of carbonyl (C=O) groups is 1. The van der Waals surface area contributed by atoms with E-state index in [1.54, 1.807) is 17.0 Å². The first-order chi connectivity index (χ1) is 17.7. The lowest BCUT2D eigenvalue weighted by atomic mass is 10.2.